The zero-order valence-corrected chi connectivity index (χ0v) is 11.2. The van der Waals surface area contributed by atoms with Gasteiger partial charge in [-0.1, -0.05) is 12.1 Å². The van der Waals surface area contributed by atoms with Gasteiger partial charge in [-0.05, 0) is 19.1 Å². The number of carboxylic acid groups (broad SMARTS) is 1. The predicted molar refractivity (Wildman–Crippen MR) is 70.7 cm³/mol. The molecule has 0 aliphatic carbocycles. The maximum Gasteiger partial charge on any atom is 0.326 e. The van der Waals surface area contributed by atoms with Crippen molar-refractivity contribution in [2.24, 2.45) is 0 Å². The summed E-state index contributed by atoms with van der Waals surface area (Å²) in [4.78, 5) is 24.8. The number of β-amino-alcohol motifs (C(OH)–C–C–N with tert-alkyl or cyclic N) is 1. The van der Waals surface area contributed by atoms with Crippen molar-refractivity contribution in [3.8, 4) is 5.75 Å². The van der Waals surface area contributed by atoms with Gasteiger partial charge < -0.3 is 19.8 Å². The largest absolute Gasteiger partial charge is 0.493 e. The van der Waals surface area contributed by atoms with Crippen molar-refractivity contribution < 1.29 is 24.5 Å². The van der Waals surface area contributed by atoms with Crippen LogP contribution in [0.15, 0.2) is 24.3 Å². The first kappa shape index (κ1) is 14.3. The van der Waals surface area contributed by atoms with E-state index in [9.17, 15) is 14.7 Å². The predicted octanol–water partition coefficient (Wildman–Crippen LogP) is 0.745. The van der Waals surface area contributed by atoms with Crippen LogP contribution >= 0.6 is 0 Å². The highest BCUT2D eigenvalue weighted by Gasteiger charge is 2.39. The number of carbonyl (C=O) groups excluding carboxylic acids is 1. The first-order valence-electron chi connectivity index (χ1n) is 6.48. The summed E-state index contributed by atoms with van der Waals surface area (Å²) in [6, 6.07) is 5.70. The smallest absolute Gasteiger partial charge is 0.326 e. The molecule has 2 rings (SSSR count). The van der Waals surface area contributed by atoms with E-state index in [0.29, 0.717) is 17.9 Å². The highest BCUT2D eigenvalue weighted by molar-refractivity contribution is 5.99. The first-order chi connectivity index (χ1) is 9.54. The summed E-state index contributed by atoms with van der Waals surface area (Å²) < 4.78 is 5.38. The maximum absolute atomic E-state index is 12.5. The summed E-state index contributed by atoms with van der Waals surface area (Å²) in [6.07, 6.45) is -0.753. The van der Waals surface area contributed by atoms with Crippen LogP contribution in [0.3, 0.4) is 0 Å². The van der Waals surface area contributed by atoms with E-state index in [1.807, 2.05) is 0 Å². The van der Waals surface area contributed by atoms with Gasteiger partial charge in [0, 0.05) is 13.0 Å². The minimum Gasteiger partial charge on any atom is -0.493 e. The van der Waals surface area contributed by atoms with E-state index in [1.54, 1.807) is 31.2 Å². The molecule has 1 fully saturated rings. The second kappa shape index (κ2) is 5.92. The minimum atomic E-state index is -1.11. The van der Waals surface area contributed by atoms with Crippen LogP contribution in [-0.4, -0.2) is 52.3 Å². The number of hydrogen-bond donors (Lipinski definition) is 2. The molecule has 20 heavy (non-hydrogen) atoms. The summed E-state index contributed by atoms with van der Waals surface area (Å²) in [5, 5.41) is 18.7. The van der Waals surface area contributed by atoms with Crippen LogP contribution in [0.1, 0.15) is 23.7 Å². The van der Waals surface area contributed by atoms with Crippen LogP contribution < -0.4 is 4.74 Å². The number of benzene rings is 1. The Hall–Kier alpha value is -2.08. The Kier molecular flexibility index (Phi) is 4.24. The number of para-hydroxylation sites is 1. The van der Waals surface area contributed by atoms with E-state index in [-0.39, 0.29) is 13.0 Å². The molecule has 1 aliphatic rings. The van der Waals surface area contributed by atoms with E-state index >= 15 is 0 Å². The zero-order valence-electron chi connectivity index (χ0n) is 11.2. The standard InChI is InChI=1S/C14H17NO5/c1-2-20-12-6-4-3-5-10(12)13(17)15-8-9(16)7-11(15)14(18)19/h3-6,9,11,16H,2,7-8H2,1H3,(H,18,19)/t9-,11-/m1/s1. The second-order valence-electron chi connectivity index (χ2n) is 4.63. The van der Waals surface area contributed by atoms with Gasteiger partial charge in [0.1, 0.15) is 11.8 Å². The number of carbonyl (C=O) groups is 2. The second-order valence-corrected chi connectivity index (χ2v) is 4.63. The van der Waals surface area contributed by atoms with Gasteiger partial charge in [-0.15, -0.1) is 0 Å². The molecule has 1 aromatic rings. The fourth-order valence-corrected chi connectivity index (χ4v) is 2.35. The van der Waals surface area contributed by atoms with Crippen LogP contribution in [0.25, 0.3) is 0 Å². The average molecular weight is 279 g/mol. The van der Waals surface area contributed by atoms with Gasteiger partial charge in [0.15, 0.2) is 0 Å². The SMILES string of the molecule is CCOc1ccccc1C(=O)N1C[C@H](O)C[C@@H]1C(=O)O. The minimum absolute atomic E-state index is 0.0241. The summed E-state index contributed by atoms with van der Waals surface area (Å²) >= 11 is 0. The van der Waals surface area contributed by atoms with Crippen molar-refractivity contribution in [3.63, 3.8) is 0 Å². The van der Waals surface area contributed by atoms with Gasteiger partial charge in [-0.2, -0.15) is 0 Å². The molecule has 0 spiro atoms. The third kappa shape index (κ3) is 2.75. The van der Waals surface area contributed by atoms with Crippen LogP contribution in [-0.2, 0) is 4.79 Å². The average Bonchev–Trinajstić information content (AvgIpc) is 2.81. The lowest BCUT2D eigenvalue weighted by Gasteiger charge is -2.22. The molecule has 0 bridgehead atoms. The van der Waals surface area contributed by atoms with Crippen molar-refractivity contribution in [3.05, 3.63) is 29.8 Å². The molecule has 1 amide bonds. The number of aliphatic hydroxyl groups excluding tert-OH is 1. The van der Waals surface area contributed by atoms with Crippen LogP contribution in [0.2, 0.25) is 0 Å². The molecule has 1 aliphatic heterocycles. The Morgan fingerprint density at radius 2 is 2.10 bits per heavy atom. The third-order valence-corrected chi connectivity index (χ3v) is 3.24. The molecule has 1 aromatic carbocycles. The normalized spacial score (nSPS) is 21.8. The monoisotopic (exact) mass is 279 g/mol. The molecule has 1 saturated heterocycles. The number of carboxylic acids is 1. The van der Waals surface area contributed by atoms with E-state index in [1.165, 1.54) is 4.90 Å². The summed E-state index contributed by atoms with van der Waals surface area (Å²) in [6.45, 7) is 2.24. The van der Waals surface area contributed by atoms with Gasteiger partial charge in [-0.25, -0.2) is 4.79 Å². The molecule has 1 heterocycles. The number of aliphatic carboxylic acids is 1. The number of aliphatic hydroxyl groups is 1. The molecule has 0 saturated carbocycles. The third-order valence-electron chi connectivity index (χ3n) is 3.24. The Balaban J connectivity index is 2.29. The van der Waals surface area contributed by atoms with E-state index in [4.69, 9.17) is 9.84 Å². The molecule has 2 N–H and O–H groups in total. The molecular weight excluding hydrogens is 262 g/mol. The Labute approximate surface area is 116 Å². The molecule has 6 nitrogen and oxygen atoms in total. The topological polar surface area (TPSA) is 87.1 Å². The number of likely N-dealkylation sites (tertiary alicyclic amines) is 1. The number of ether oxygens (including phenoxy) is 1. The lowest BCUT2D eigenvalue weighted by Crippen LogP contribution is -2.40. The maximum atomic E-state index is 12.5. The molecule has 0 radical (unpaired) electrons. The van der Waals surface area contributed by atoms with Gasteiger partial charge in [0.25, 0.3) is 5.91 Å². The van der Waals surface area contributed by atoms with Crippen molar-refractivity contribution >= 4 is 11.9 Å². The van der Waals surface area contributed by atoms with Crippen LogP contribution in [0.4, 0.5) is 0 Å². The summed E-state index contributed by atoms with van der Waals surface area (Å²) in [7, 11) is 0. The Bertz CT molecular complexity index is 516. The van der Waals surface area contributed by atoms with Crippen LogP contribution in [0.5, 0.6) is 5.75 Å². The van der Waals surface area contributed by atoms with Gasteiger partial charge in [0.2, 0.25) is 0 Å². The highest BCUT2D eigenvalue weighted by atomic mass is 16.5. The van der Waals surface area contributed by atoms with Gasteiger partial charge in [-0.3, -0.25) is 4.79 Å². The quantitative estimate of drug-likeness (QED) is 0.849. The lowest BCUT2D eigenvalue weighted by molar-refractivity contribution is -0.141. The van der Waals surface area contributed by atoms with Gasteiger partial charge in [0.05, 0.1) is 18.3 Å². The molecule has 6 heteroatoms. The zero-order chi connectivity index (χ0) is 14.7. The number of hydrogen-bond acceptors (Lipinski definition) is 4. The number of rotatable bonds is 4. The fourth-order valence-electron chi connectivity index (χ4n) is 2.35. The fraction of sp³-hybridized carbons (Fsp3) is 0.429. The first-order valence-corrected chi connectivity index (χ1v) is 6.48. The number of nitrogens with zero attached hydrogens (tertiary/aromatic N) is 1. The van der Waals surface area contributed by atoms with E-state index < -0.39 is 24.0 Å². The van der Waals surface area contributed by atoms with Crippen molar-refractivity contribution in [2.75, 3.05) is 13.2 Å². The van der Waals surface area contributed by atoms with E-state index in [2.05, 4.69) is 0 Å². The summed E-state index contributed by atoms with van der Waals surface area (Å²) in [5.41, 5.74) is 0.315. The molecular formula is C14H17NO5. The van der Waals surface area contributed by atoms with Crippen LogP contribution in [0, 0.1) is 0 Å². The Morgan fingerprint density at radius 1 is 1.40 bits per heavy atom. The molecule has 0 unspecified atom stereocenters. The van der Waals surface area contributed by atoms with Gasteiger partial charge >= 0.3 is 5.97 Å². The molecule has 108 valence electrons. The highest BCUT2D eigenvalue weighted by Crippen LogP contribution is 2.25. The lowest BCUT2D eigenvalue weighted by atomic mass is 10.1. The molecule has 2 atom stereocenters. The number of amides is 1. The van der Waals surface area contributed by atoms with E-state index in [0.717, 1.165) is 0 Å². The summed E-state index contributed by atoms with van der Waals surface area (Å²) in [5.74, 6) is -1.12. The van der Waals surface area contributed by atoms with Crippen molar-refractivity contribution in [2.45, 2.75) is 25.5 Å². The Morgan fingerprint density at radius 3 is 2.75 bits per heavy atom. The van der Waals surface area contributed by atoms with Crippen molar-refractivity contribution in [1.82, 2.24) is 4.90 Å². The van der Waals surface area contributed by atoms with Crippen molar-refractivity contribution in [1.29, 1.82) is 0 Å². The molecule has 0 aromatic heterocycles.